The average molecular weight is 398 g/mol. The molecule has 0 saturated carbocycles. The molecule has 0 unspecified atom stereocenters. The summed E-state index contributed by atoms with van der Waals surface area (Å²) >= 11 is 1.58. The highest BCUT2D eigenvalue weighted by Gasteiger charge is 2.33. The molecule has 28 heavy (non-hydrogen) atoms. The third kappa shape index (κ3) is 3.46. The molecule has 9 heteroatoms. The molecule has 1 saturated heterocycles. The Morgan fingerprint density at radius 1 is 1.25 bits per heavy atom. The maximum atomic E-state index is 12.2. The van der Waals surface area contributed by atoms with Crippen molar-refractivity contribution in [1.82, 2.24) is 20.4 Å². The first-order valence-electron chi connectivity index (χ1n) is 8.99. The molecule has 2 aliphatic heterocycles. The number of benzene rings is 1. The second kappa shape index (κ2) is 7.25. The molecule has 0 aliphatic carbocycles. The van der Waals surface area contributed by atoms with E-state index in [0.29, 0.717) is 24.8 Å². The number of carbonyl (C=O) groups excluding carboxylic acids is 1. The van der Waals surface area contributed by atoms with Crippen LogP contribution in [0.1, 0.15) is 17.4 Å². The molecule has 2 aromatic heterocycles. The van der Waals surface area contributed by atoms with E-state index in [4.69, 9.17) is 14.0 Å². The van der Waals surface area contributed by atoms with Gasteiger partial charge in [-0.3, -0.25) is 9.69 Å². The van der Waals surface area contributed by atoms with Crippen LogP contribution in [0.3, 0.4) is 0 Å². The molecule has 3 aromatic rings. The normalized spacial score (nSPS) is 16.1. The lowest BCUT2D eigenvalue weighted by Gasteiger charge is -2.36. The molecule has 0 atom stereocenters. The van der Waals surface area contributed by atoms with Gasteiger partial charge in [-0.15, -0.1) is 11.3 Å². The lowest BCUT2D eigenvalue weighted by Crippen LogP contribution is -2.49. The second-order valence-corrected chi connectivity index (χ2v) is 7.74. The van der Waals surface area contributed by atoms with Gasteiger partial charge in [-0.05, 0) is 29.1 Å². The zero-order valence-corrected chi connectivity index (χ0v) is 15.8. The maximum Gasteiger partial charge on any atom is 0.234 e. The van der Waals surface area contributed by atoms with E-state index < -0.39 is 0 Å². The fourth-order valence-corrected chi connectivity index (χ4v) is 3.92. The van der Waals surface area contributed by atoms with E-state index >= 15 is 0 Å². The van der Waals surface area contributed by atoms with Crippen LogP contribution in [0.4, 0.5) is 0 Å². The summed E-state index contributed by atoms with van der Waals surface area (Å²) in [6, 6.07) is 9.61. The Balaban J connectivity index is 1.08. The highest BCUT2D eigenvalue weighted by molar-refractivity contribution is 7.13. The molecule has 0 bridgehead atoms. The Bertz CT molecular complexity index is 982. The summed E-state index contributed by atoms with van der Waals surface area (Å²) < 4.78 is 16.0. The van der Waals surface area contributed by atoms with Crippen LogP contribution in [0.25, 0.3) is 10.7 Å². The predicted molar refractivity (Wildman–Crippen MR) is 101 cm³/mol. The molecule has 1 fully saturated rings. The molecule has 2 aliphatic rings. The first-order chi connectivity index (χ1) is 13.7. The number of nitrogens with zero attached hydrogens (tertiary/aromatic N) is 3. The Labute approximate surface area is 165 Å². The summed E-state index contributed by atoms with van der Waals surface area (Å²) in [5, 5.41) is 8.97. The molecule has 5 rings (SSSR count). The van der Waals surface area contributed by atoms with Crippen molar-refractivity contribution >= 4 is 17.2 Å². The lowest BCUT2D eigenvalue weighted by atomic mass is 10.0. The first-order valence-corrected chi connectivity index (χ1v) is 9.87. The Hall–Kier alpha value is -2.91. The number of fused-ring (bicyclic) bond motifs is 1. The number of carbonyl (C=O) groups is 1. The van der Waals surface area contributed by atoms with Gasteiger partial charge in [-0.2, -0.15) is 4.98 Å². The van der Waals surface area contributed by atoms with Crippen LogP contribution >= 0.6 is 11.3 Å². The van der Waals surface area contributed by atoms with E-state index in [0.717, 1.165) is 35.0 Å². The van der Waals surface area contributed by atoms with Gasteiger partial charge in [0.05, 0.1) is 17.3 Å². The van der Waals surface area contributed by atoms with E-state index in [1.165, 1.54) is 0 Å². The van der Waals surface area contributed by atoms with Gasteiger partial charge in [0.2, 0.25) is 24.4 Å². The van der Waals surface area contributed by atoms with Gasteiger partial charge < -0.3 is 19.3 Å². The standard InChI is InChI=1S/C19H18N4O4S/c24-17(20-7-12-3-4-14-15(6-12)26-11-25-14)10-23-8-13(9-23)19-21-18(22-27-19)16-2-1-5-28-16/h1-6,13H,7-11H2,(H,20,24). The molecule has 4 heterocycles. The van der Waals surface area contributed by atoms with Gasteiger partial charge in [0.1, 0.15) is 0 Å². The van der Waals surface area contributed by atoms with Gasteiger partial charge >= 0.3 is 0 Å². The SMILES string of the molecule is O=C(CN1CC(c2nc(-c3cccs3)no2)C1)NCc1ccc2c(c1)OCO2. The van der Waals surface area contributed by atoms with E-state index in [2.05, 4.69) is 20.4 Å². The van der Waals surface area contributed by atoms with E-state index in [1.54, 1.807) is 11.3 Å². The molecular weight excluding hydrogens is 380 g/mol. The molecule has 0 radical (unpaired) electrons. The van der Waals surface area contributed by atoms with Crippen LogP contribution in [0.15, 0.2) is 40.2 Å². The lowest BCUT2D eigenvalue weighted by molar-refractivity contribution is -0.123. The number of hydrogen-bond acceptors (Lipinski definition) is 8. The third-order valence-corrected chi connectivity index (χ3v) is 5.65. The van der Waals surface area contributed by atoms with Gasteiger partial charge in [0.25, 0.3) is 0 Å². The van der Waals surface area contributed by atoms with E-state index in [-0.39, 0.29) is 18.6 Å². The Kier molecular flexibility index (Phi) is 4.46. The van der Waals surface area contributed by atoms with Crippen LogP contribution in [0.2, 0.25) is 0 Å². The summed E-state index contributed by atoms with van der Waals surface area (Å²) in [5.74, 6) is 2.90. The molecule has 1 aromatic carbocycles. The van der Waals surface area contributed by atoms with Crippen molar-refractivity contribution in [3.05, 3.63) is 47.2 Å². The molecule has 1 amide bonds. The minimum Gasteiger partial charge on any atom is -0.454 e. The number of hydrogen-bond donors (Lipinski definition) is 1. The van der Waals surface area contributed by atoms with E-state index in [9.17, 15) is 4.79 Å². The Morgan fingerprint density at radius 3 is 3.00 bits per heavy atom. The number of likely N-dealkylation sites (tertiary alicyclic amines) is 1. The number of ether oxygens (including phenoxy) is 2. The van der Waals surface area contributed by atoms with Crippen LogP contribution in [-0.4, -0.2) is 47.4 Å². The summed E-state index contributed by atoms with van der Waals surface area (Å²) in [5.41, 5.74) is 0.978. The van der Waals surface area contributed by atoms with Crippen LogP contribution < -0.4 is 14.8 Å². The van der Waals surface area contributed by atoms with Crippen LogP contribution in [0, 0.1) is 0 Å². The number of aromatic nitrogens is 2. The Morgan fingerprint density at radius 2 is 2.14 bits per heavy atom. The summed E-state index contributed by atoms with van der Waals surface area (Å²) in [6.45, 7) is 2.54. The summed E-state index contributed by atoms with van der Waals surface area (Å²) in [7, 11) is 0. The number of nitrogens with one attached hydrogen (secondary N) is 1. The van der Waals surface area contributed by atoms with Crippen molar-refractivity contribution in [2.24, 2.45) is 0 Å². The van der Waals surface area contributed by atoms with Gasteiger partial charge in [-0.1, -0.05) is 17.3 Å². The van der Waals surface area contributed by atoms with Crippen molar-refractivity contribution in [2.45, 2.75) is 12.5 Å². The molecule has 0 spiro atoms. The molecule has 144 valence electrons. The predicted octanol–water partition coefficient (Wildman–Crippen LogP) is 2.24. The summed E-state index contributed by atoms with van der Waals surface area (Å²) in [4.78, 5) is 19.7. The largest absolute Gasteiger partial charge is 0.454 e. The fraction of sp³-hybridized carbons (Fsp3) is 0.316. The van der Waals surface area contributed by atoms with Crippen molar-refractivity contribution < 1.29 is 18.8 Å². The quantitative estimate of drug-likeness (QED) is 0.681. The van der Waals surface area contributed by atoms with Gasteiger partial charge in [0, 0.05) is 19.6 Å². The van der Waals surface area contributed by atoms with Crippen molar-refractivity contribution in [3.63, 3.8) is 0 Å². The molecule has 8 nitrogen and oxygen atoms in total. The van der Waals surface area contributed by atoms with Gasteiger partial charge in [0.15, 0.2) is 11.5 Å². The van der Waals surface area contributed by atoms with Gasteiger partial charge in [-0.25, -0.2) is 0 Å². The van der Waals surface area contributed by atoms with Crippen molar-refractivity contribution in [1.29, 1.82) is 0 Å². The minimum atomic E-state index is -0.0130. The highest BCUT2D eigenvalue weighted by Crippen LogP contribution is 2.32. The van der Waals surface area contributed by atoms with Crippen LogP contribution in [0.5, 0.6) is 11.5 Å². The zero-order valence-electron chi connectivity index (χ0n) is 15.0. The monoisotopic (exact) mass is 398 g/mol. The topological polar surface area (TPSA) is 89.7 Å². The fourth-order valence-electron chi connectivity index (χ4n) is 3.27. The average Bonchev–Trinajstić information content (AvgIpc) is 3.42. The van der Waals surface area contributed by atoms with Crippen molar-refractivity contribution in [3.8, 4) is 22.2 Å². The number of rotatable bonds is 6. The van der Waals surface area contributed by atoms with Crippen molar-refractivity contribution in [2.75, 3.05) is 26.4 Å². The number of amides is 1. The zero-order chi connectivity index (χ0) is 18.9. The molecular formula is C19H18N4O4S. The second-order valence-electron chi connectivity index (χ2n) is 6.79. The third-order valence-electron chi connectivity index (χ3n) is 4.78. The maximum absolute atomic E-state index is 12.2. The highest BCUT2D eigenvalue weighted by atomic mass is 32.1. The number of thiophene rings is 1. The molecule has 1 N–H and O–H groups in total. The summed E-state index contributed by atoms with van der Waals surface area (Å²) in [6.07, 6.45) is 0. The minimum absolute atomic E-state index is 0.0130. The van der Waals surface area contributed by atoms with Crippen LogP contribution in [-0.2, 0) is 11.3 Å². The van der Waals surface area contributed by atoms with E-state index in [1.807, 2.05) is 35.7 Å². The first kappa shape index (κ1) is 17.2. The smallest absolute Gasteiger partial charge is 0.234 e.